The first-order valence-corrected chi connectivity index (χ1v) is 8.13. The third-order valence-corrected chi connectivity index (χ3v) is 4.40. The average Bonchev–Trinajstić information content (AvgIpc) is 2.90. The molecule has 122 valence electrons. The summed E-state index contributed by atoms with van der Waals surface area (Å²) in [5.74, 6) is 3.03. The van der Waals surface area contributed by atoms with E-state index >= 15 is 0 Å². The largest absolute Gasteiger partial charge is 0.309 e. The van der Waals surface area contributed by atoms with E-state index in [0.29, 0.717) is 17.8 Å². The molecule has 0 unspecified atom stereocenters. The van der Waals surface area contributed by atoms with Crippen LogP contribution in [0.25, 0.3) is 0 Å². The number of aromatic amines is 1. The summed E-state index contributed by atoms with van der Waals surface area (Å²) in [6.45, 7) is 4.24. The second kappa shape index (κ2) is 5.77. The first-order chi connectivity index (χ1) is 11.2. The van der Waals surface area contributed by atoms with Crippen molar-refractivity contribution in [3.05, 3.63) is 23.9 Å². The van der Waals surface area contributed by atoms with E-state index in [-0.39, 0.29) is 5.91 Å². The van der Waals surface area contributed by atoms with Gasteiger partial charge in [-0.05, 0) is 19.3 Å². The maximum absolute atomic E-state index is 11.1. The van der Waals surface area contributed by atoms with Gasteiger partial charge in [0, 0.05) is 38.2 Å². The first-order valence-electron chi connectivity index (χ1n) is 8.13. The molecule has 4 rings (SSSR count). The molecule has 0 radical (unpaired) electrons. The van der Waals surface area contributed by atoms with Crippen molar-refractivity contribution in [3.63, 3.8) is 0 Å². The van der Waals surface area contributed by atoms with E-state index in [9.17, 15) is 4.79 Å². The monoisotopic (exact) mass is 315 g/mol. The van der Waals surface area contributed by atoms with Gasteiger partial charge in [0.1, 0.15) is 5.82 Å². The number of amides is 1. The molecule has 23 heavy (non-hydrogen) atoms. The summed E-state index contributed by atoms with van der Waals surface area (Å²) in [6, 6.07) is 2.17. The van der Waals surface area contributed by atoms with Gasteiger partial charge < -0.3 is 5.32 Å². The molecule has 2 aliphatic rings. The Morgan fingerprint density at radius 2 is 2.30 bits per heavy atom. The molecular formula is C15H21N7O. The van der Waals surface area contributed by atoms with E-state index in [0.717, 1.165) is 37.7 Å². The second-order valence-corrected chi connectivity index (χ2v) is 6.45. The number of carbonyl (C=O) groups is 1. The molecule has 0 bridgehead atoms. The Bertz CT molecular complexity index is 702. The van der Waals surface area contributed by atoms with Gasteiger partial charge in [-0.25, -0.2) is 4.98 Å². The second-order valence-electron chi connectivity index (χ2n) is 6.45. The summed E-state index contributed by atoms with van der Waals surface area (Å²) in [5, 5.41) is 14.5. The number of nitrogens with one attached hydrogen (secondary N) is 2. The molecule has 2 N–H and O–H groups in total. The van der Waals surface area contributed by atoms with Crippen molar-refractivity contribution in [1.82, 2.24) is 29.9 Å². The third kappa shape index (κ3) is 3.26. The van der Waals surface area contributed by atoms with Crippen LogP contribution in [-0.4, -0.2) is 48.9 Å². The van der Waals surface area contributed by atoms with Crippen molar-refractivity contribution in [2.45, 2.75) is 44.7 Å². The minimum Gasteiger partial charge on any atom is -0.309 e. The van der Waals surface area contributed by atoms with Crippen LogP contribution >= 0.6 is 0 Å². The molecular weight excluding hydrogens is 294 g/mol. The highest BCUT2D eigenvalue weighted by atomic mass is 16.1. The minimum absolute atomic E-state index is 0.0971. The van der Waals surface area contributed by atoms with Crippen molar-refractivity contribution in [2.75, 3.05) is 18.4 Å². The Labute approximate surface area is 134 Å². The Balaban J connectivity index is 1.34. The average molecular weight is 315 g/mol. The maximum Gasteiger partial charge on any atom is 0.222 e. The van der Waals surface area contributed by atoms with Crippen molar-refractivity contribution >= 4 is 11.7 Å². The standard InChI is InChI=1S/C15H21N7O/c1-10(23)16-13-5-7-22(20-13)12-4-6-21(8-12)9-14-17-15(19-18-14)11-2-3-11/h5,7,11-12H,2-4,6,8-9H2,1H3,(H,16,20,23)(H,17,18,19)/t12-/m0/s1. The molecule has 1 aliphatic heterocycles. The van der Waals surface area contributed by atoms with Crippen molar-refractivity contribution in [1.29, 1.82) is 0 Å². The zero-order valence-electron chi connectivity index (χ0n) is 13.2. The van der Waals surface area contributed by atoms with E-state index in [1.54, 1.807) is 0 Å². The lowest BCUT2D eigenvalue weighted by Crippen LogP contribution is -2.22. The summed E-state index contributed by atoms with van der Waals surface area (Å²) < 4.78 is 1.95. The SMILES string of the molecule is CC(=O)Nc1ccn([C@H]2CCN(Cc3nc(C4CC4)n[nH]3)C2)n1. The van der Waals surface area contributed by atoms with Crippen LogP contribution in [0.4, 0.5) is 5.82 Å². The quantitative estimate of drug-likeness (QED) is 0.867. The number of H-pyrrole nitrogens is 1. The number of hydrogen-bond acceptors (Lipinski definition) is 5. The summed E-state index contributed by atoms with van der Waals surface area (Å²) >= 11 is 0. The van der Waals surface area contributed by atoms with Crippen LogP contribution in [0.5, 0.6) is 0 Å². The van der Waals surface area contributed by atoms with Crippen LogP contribution in [-0.2, 0) is 11.3 Å². The Hall–Kier alpha value is -2.22. The van der Waals surface area contributed by atoms with Crippen LogP contribution in [0.2, 0.25) is 0 Å². The highest BCUT2D eigenvalue weighted by Gasteiger charge is 2.29. The molecule has 1 atom stereocenters. The highest BCUT2D eigenvalue weighted by molar-refractivity contribution is 5.87. The molecule has 1 saturated heterocycles. The van der Waals surface area contributed by atoms with Gasteiger partial charge in [0.05, 0.1) is 12.6 Å². The molecule has 8 nitrogen and oxygen atoms in total. The van der Waals surface area contributed by atoms with Gasteiger partial charge in [0.15, 0.2) is 11.6 Å². The van der Waals surface area contributed by atoms with Crippen LogP contribution in [0, 0.1) is 0 Å². The molecule has 0 aromatic carbocycles. The lowest BCUT2D eigenvalue weighted by atomic mass is 10.3. The number of rotatable bonds is 5. The lowest BCUT2D eigenvalue weighted by Gasteiger charge is -2.14. The van der Waals surface area contributed by atoms with Crippen LogP contribution in [0.15, 0.2) is 12.3 Å². The lowest BCUT2D eigenvalue weighted by molar-refractivity contribution is -0.114. The predicted molar refractivity (Wildman–Crippen MR) is 83.8 cm³/mol. The van der Waals surface area contributed by atoms with Crippen LogP contribution in [0.1, 0.15) is 49.8 Å². The van der Waals surface area contributed by atoms with Crippen LogP contribution < -0.4 is 5.32 Å². The summed E-state index contributed by atoms with van der Waals surface area (Å²) in [6.07, 6.45) is 5.42. The van der Waals surface area contributed by atoms with Gasteiger partial charge in [0.25, 0.3) is 0 Å². The first kappa shape index (κ1) is 14.4. The summed E-state index contributed by atoms with van der Waals surface area (Å²) in [5.41, 5.74) is 0. The third-order valence-electron chi connectivity index (χ3n) is 4.40. The van der Waals surface area contributed by atoms with E-state index in [2.05, 4.69) is 30.5 Å². The van der Waals surface area contributed by atoms with Gasteiger partial charge in [-0.1, -0.05) is 0 Å². The molecule has 1 amide bonds. The van der Waals surface area contributed by atoms with Gasteiger partial charge in [0.2, 0.25) is 5.91 Å². The zero-order valence-corrected chi connectivity index (χ0v) is 13.2. The fraction of sp³-hybridized carbons (Fsp3) is 0.600. The van der Waals surface area contributed by atoms with Crippen LogP contribution in [0.3, 0.4) is 0 Å². The molecule has 3 heterocycles. The van der Waals surface area contributed by atoms with Gasteiger partial charge in [-0.15, -0.1) is 0 Å². The minimum atomic E-state index is -0.0971. The number of aromatic nitrogens is 5. The van der Waals surface area contributed by atoms with E-state index in [4.69, 9.17) is 0 Å². The number of likely N-dealkylation sites (tertiary alicyclic amines) is 1. The Morgan fingerprint density at radius 3 is 3.09 bits per heavy atom. The fourth-order valence-electron chi connectivity index (χ4n) is 3.08. The Kier molecular flexibility index (Phi) is 3.60. The van der Waals surface area contributed by atoms with Crippen molar-refractivity contribution < 1.29 is 4.79 Å². The topological polar surface area (TPSA) is 91.7 Å². The summed E-state index contributed by atoms with van der Waals surface area (Å²) in [4.78, 5) is 18.0. The van der Waals surface area contributed by atoms with Gasteiger partial charge in [-0.3, -0.25) is 19.5 Å². The molecule has 1 aliphatic carbocycles. The number of nitrogens with zero attached hydrogens (tertiary/aromatic N) is 5. The van der Waals surface area contributed by atoms with E-state index in [1.807, 2.05) is 16.9 Å². The molecule has 8 heteroatoms. The van der Waals surface area contributed by atoms with E-state index in [1.165, 1.54) is 19.8 Å². The van der Waals surface area contributed by atoms with Gasteiger partial charge in [-0.2, -0.15) is 10.2 Å². The molecule has 2 aromatic heterocycles. The predicted octanol–water partition coefficient (Wildman–Crippen LogP) is 1.28. The number of hydrogen-bond donors (Lipinski definition) is 2. The van der Waals surface area contributed by atoms with Crippen molar-refractivity contribution in [2.24, 2.45) is 0 Å². The fourth-order valence-corrected chi connectivity index (χ4v) is 3.08. The smallest absolute Gasteiger partial charge is 0.222 e. The Morgan fingerprint density at radius 1 is 1.43 bits per heavy atom. The summed E-state index contributed by atoms with van der Waals surface area (Å²) in [7, 11) is 0. The molecule has 0 spiro atoms. The molecule has 2 fully saturated rings. The van der Waals surface area contributed by atoms with Gasteiger partial charge >= 0.3 is 0 Å². The normalized spacial score (nSPS) is 21.7. The number of carbonyl (C=O) groups excluding carboxylic acids is 1. The van der Waals surface area contributed by atoms with Crippen molar-refractivity contribution in [3.8, 4) is 0 Å². The van der Waals surface area contributed by atoms with E-state index < -0.39 is 0 Å². The highest BCUT2D eigenvalue weighted by Crippen LogP contribution is 2.37. The maximum atomic E-state index is 11.1. The molecule has 1 saturated carbocycles. The zero-order chi connectivity index (χ0) is 15.8. The number of anilines is 1. The molecule has 2 aromatic rings.